The molecule has 1 N–H and O–H groups in total. The molecule has 116 valence electrons. The van der Waals surface area contributed by atoms with Gasteiger partial charge in [-0.15, -0.1) is 11.3 Å². The molecule has 0 bridgehead atoms. The Morgan fingerprint density at radius 3 is 2.50 bits per heavy atom. The quantitative estimate of drug-likeness (QED) is 0.676. The molecule has 4 nitrogen and oxygen atoms in total. The van der Waals surface area contributed by atoms with E-state index in [0.29, 0.717) is 0 Å². The van der Waals surface area contributed by atoms with Crippen LogP contribution in [-0.2, 0) is 0 Å². The molecular weight excluding hydrogens is 292 g/mol. The molecule has 2 heterocycles. The van der Waals surface area contributed by atoms with Gasteiger partial charge in [-0.2, -0.15) is 5.10 Å². The number of nitrogens with one attached hydrogen (secondary N) is 1. The van der Waals surface area contributed by atoms with Gasteiger partial charge in [0.25, 0.3) is 0 Å². The molecule has 1 aromatic heterocycles. The van der Waals surface area contributed by atoms with Crippen LogP contribution in [0.4, 0.5) is 10.8 Å². The summed E-state index contributed by atoms with van der Waals surface area (Å²) in [5.41, 5.74) is 6.40. The molecule has 0 spiro atoms. The molecule has 0 atom stereocenters. The largest absolute Gasteiger partial charge is 0.372 e. The molecule has 0 unspecified atom stereocenters. The molecule has 0 aliphatic carbocycles. The van der Waals surface area contributed by atoms with Gasteiger partial charge in [0.2, 0.25) is 5.13 Å². The number of benzene rings is 1. The fourth-order valence-corrected chi connectivity index (χ4v) is 3.30. The summed E-state index contributed by atoms with van der Waals surface area (Å²) in [6.07, 6.45) is 7.18. The van der Waals surface area contributed by atoms with Crippen LogP contribution in [0.3, 0.4) is 0 Å². The summed E-state index contributed by atoms with van der Waals surface area (Å²) in [7, 11) is 0. The third-order valence-electron chi connectivity index (χ3n) is 3.86. The van der Waals surface area contributed by atoms with Crippen molar-refractivity contribution in [2.75, 3.05) is 23.4 Å². The number of hydrogen-bond donors (Lipinski definition) is 1. The molecule has 1 aliphatic heterocycles. The smallest absolute Gasteiger partial charge is 0.203 e. The van der Waals surface area contributed by atoms with Crippen LogP contribution >= 0.6 is 11.3 Å². The minimum atomic E-state index is 0.829. The van der Waals surface area contributed by atoms with Crippen LogP contribution in [-0.4, -0.2) is 24.3 Å². The van der Waals surface area contributed by atoms with E-state index in [1.165, 1.54) is 44.5 Å². The van der Waals surface area contributed by atoms with Gasteiger partial charge in [-0.25, -0.2) is 4.98 Å². The zero-order valence-electron chi connectivity index (χ0n) is 13.0. The molecule has 3 rings (SSSR count). The Bertz CT molecular complexity index is 610. The van der Waals surface area contributed by atoms with Gasteiger partial charge < -0.3 is 4.90 Å². The predicted molar refractivity (Wildman–Crippen MR) is 95.2 cm³/mol. The molecule has 2 aromatic rings. The lowest BCUT2D eigenvalue weighted by Gasteiger charge is -2.22. The van der Waals surface area contributed by atoms with E-state index in [0.717, 1.165) is 16.4 Å². The van der Waals surface area contributed by atoms with Crippen LogP contribution in [0.25, 0.3) is 0 Å². The number of aromatic nitrogens is 1. The van der Waals surface area contributed by atoms with Crippen molar-refractivity contribution in [1.82, 2.24) is 4.98 Å². The third-order valence-corrected chi connectivity index (χ3v) is 4.72. The van der Waals surface area contributed by atoms with E-state index in [2.05, 4.69) is 44.7 Å². The van der Waals surface area contributed by atoms with Crippen molar-refractivity contribution < 1.29 is 0 Å². The van der Waals surface area contributed by atoms with Gasteiger partial charge in [0.1, 0.15) is 0 Å². The van der Waals surface area contributed by atoms with Crippen molar-refractivity contribution in [2.24, 2.45) is 5.10 Å². The van der Waals surface area contributed by atoms with E-state index >= 15 is 0 Å². The maximum absolute atomic E-state index is 4.31. The van der Waals surface area contributed by atoms with Crippen molar-refractivity contribution in [2.45, 2.75) is 32.6 Å². The average molecular weight is 314 g/mol. The summed E-state index contributed by atoms with van der Waals surface area (Å²) in [6, 6.07) is 8.64. The van der Waals surface area contributed by atoms with Crippen molar-refractivity contribution in [3.63, 3.8) is 0 Å². The minimum Gasteiger partial charge on any atom is -0.372 e. The van der Waals surface area contributed by atoms with Crippen LogP contribution in [0, 0.1) is 6.92 Å². The molecule has 0 radical (unpaired) electrons. The first-order valence-corrected chi connectivity index (χ1v) is 8.75. The number of thiazole rings is 1. The Morgan fingerprint density at radius 1 is 1.14 bits per heavy atom. The lowest BCUT2D eigenvalue weighted by molar-refractivity contribution is 0.726. The number of aryl methyl sites for hydroxylation is 1. The second-order valence-corrected chi connectivity index (χ2v) is 6.51. The molecule has 1 aliphatic rings. The second-order valence-electron chi connectivity index (χ2n) is 5.66. The standard InChI is InChI=1S/C17H22N4S/c1-14-13-22-17(19-14)20-18-12-15-6-8-16(9-7-15)21-10-4-2-3-5-11-21/h6-9,12-13H,2-5,10-11H2,1H3,(H,19,20). The Morgan fingerprint density at radius 2 is 1.86 bits per heavy atom. The van der Waals surface area contributed by atoms with Gasteiger partial charge in [0.05, 0.1) is 11.9 Å². The molecule has 1 fully saturated rings. The summed E-state index contributed by atoms with van der Waals surface area (Å²) in [4.78, 5) is 6.80. The summed E-state index contributed by atoms with van der Waals surface area (Å²) in [6.45, 7) is 4.34. The Hall–Kier alpha value is -1.88. The van der Waals surface area contributed by atoms with Crippen LogP contribution in [0.5, 0.6) is 0 Å². The van der Waals surface area contributed by atoms with E-state index in [1.807, 2.05) is 18.5 Å². The fraction of sp³-hybridized carbons (Fsp3) is 0.412. The van der Waals surface area contributed by atoms with E-state index in [9.17, 15) is 0 Å². The first-order valence-electron chi connectivity index (χ1n) is 7.87. The molecule has 5 heteroatoms. The van der Waals surface area contributed by atoms with Crippen LogP contribution in [0.1, 0.15) is 36.9 Å². The highest BCUT2D eigenvalue weighted by Gasteiger charge is 2.09. The topological polar surface area (TPSA) is 40.5 Å². The van der Waals surface area contributed by atoms with Crippen molar-refractivity contribution in [1.29, 1.82) is 0 Å². The summed E-state index contributed by atoms with van der Waals surface area (Å²) in [5.74, 6) is 0. The maximum atomic E-state index is 4.31. The highest BCUT2D eigenvalue weighted by atomic mass is 32.1. The summed E-state index contributed by atoms with van der Waals surface area (Å²) < 4.78 is 0. The van der Waals surface area contributed by atoms with Gasteiger partial charge in [-0.3, -0.25) is 5.43 Å². The number of nitrogens with zero attached hydrogens (tertiary/aromatic N) is 3. The molecule has 0 saturated carbocycles. The SMILES string of the molecule is Cc1csc(NN=Cc2ccc(N3CCCCCC3)cc2)n1. The summed E-state index contributed by atoms with van der Waals surface area (Å²) in [5, 5.41) is 7.08. The minimum absolute atomic E-state index is 0.829. The van der Waals surface area contributed by atoms with E-state index in [4.69, 9.17) is 0 Å². The highest BCUT2D eigenvalue weighted by Crippen LogP contribution is 2.19. The van der Waals surface area contributed by atoms with Crippen molar-refractivity contribution in [3.05, 3.63) is 40.9 Å². The zero-order valence-corrected chi connectivity index (χ0v) is 13.8. The predicted octanol–water partition coefficient (Wildman–Crippen LogP) is 4.28. The van der Waals surface area contributed by atoms with Gasteiger partial charge in [-0.1, -0.05) is 25.0 Å². The van der Waals surface area contributed by atoms with Gasteiger partial charge in [0, 0.05) is 24.2 Å². The lowest BCUT2D eigenvalue weighted by atomic mass is 10.2. The van der Waals surface area contributed by atoms with Crippen molar-refractivity contribution >= 4 is 28.4 Å². The van der Waals surface area contributed by atoms with Crippen molar-refractivity contribution in [3.8, 4) is 0 Å². The molecular formula is C17H22N4S. The van der Waals surface area contributed by atoms with Crippen LogP contribution < -0.4 is 10.3 Å². The molecule has 22 heavy (non-hydrogen) atoms. The number of anilines is 2. The number of rotatable bonds is 4. The Kier molecular flexibility index (Phi) is 5.06. The highest BCUT2D eigenvalue weighted by molar-refractivity contribution is 7.13. The van der Waals surface area contributed by atoms with E-state index < -0.39 is 0 Å². The third kappa shape index (κ3) is 4.07. The van der Waals surface area contributed by atoms with E-state index in [1.54, 1.807) is 11.3 Å². The first-order chi connectivity index (χ1) is 10.8. The maximum Gasteiger partial charge on any atom is 0.203 e. The summed E-state index contributed by atoms with van der Waals surface area (Å²) >= 11 is 1.57. The van der Waals surface area contributed by atoms with Gasteiger partial charge >= 0.3 is 0 Å². The van der Waals surface area contributed by atoms with E-state index in [-0.39, 0.29) is 0 Å². The zero-order chi connectivity index (χ0) is 15.2. The van der Waals surface area contributed by atoms with Gasteiger partial charge in [0.15, 0.2) is 0 Å². The normalized spacial score (nSPS) is 16.0. The lowest BCUT2D eigenvalue weighted by Crippen LogP contribution is -2.23. The van der Waals surface area contributed by atoms with Gasteiger partial charge in [-0.05, 0) is 37.5 Å². The Balaban J connectivity index is 1.58. The Labute approximate surface area is 135 Å². The molecule has 1 aromatic carbocycles. The number of hydrazone groups is 1. The van der Waals surface area contributed by atoms with Crippen LogP contribution in [0.2, 0.25) is 0 Å². The first kappa shape index (κ1) is 15.0. The molecule has 0 amide bonds. The fourth-order valence-electron chi connectivity index (χ4n) is 2.67. The second kappa shape index (κ2) is 7.40. The van der Waals surface area contributed by atoms with Crippen LogP contribution in [0.15, 0.2) is 34.7 Å². The average Bonchev–Trinajstić information content (AvgIpc) is 2.78. The number of hydrogen-bond acceptors (Lipinski definition) is 5. The molecule has 1 saturated heterocycles. The monoisotopic (exact) mass is 314 g/mol.